The molecule has 2 rings (SSSR count). The lowest BCUT2D eigenvalue weighted by Gasteiger charge is -2.15. The average molecular weight is 551 g/mol. The second-order valence-corrected chi connectivity index (χ2v) is 6.05. The van der Waals surface area contributed by atoms with Gasteiger partial charge in [0, 0.05) is 30.3 Å². The van der Waals surface area contributed by atoms with Gasteiger partial charge in [-0.05, 0) is 19.1 Å². The van der Waals surface area contributed by atoms with Gasteiger partial charge in [0.1, 0.15) is 11.5 Å². The van der Waals surface area contributed by atoms with Gasteiger partial charge >= 0.3 is 6.61 Å². The van der Waals surface area contributed by atoms with Gasteiger partial charge in [0.15, 0.2) is 17.5 Å². The van der Waals surface area contributed by atoms with Crippen LogP contribution >= 0.6 is 24.0 Å². The zero-order valence-electron chi connectivity index (χ0n) is 17.9. The van der Waals surface area contributed by atoms with Gasteiger partial charge in [-0.3, -0.25) is 0 Å². The van der Waals surface area contributed by atoms with Crippen LogP contribution in [0.5, 0.6) is 23.0 Å². The summed E-state index contributed by atoms with van der Waals surface area (Å²) in [5.74, 6) is 2.38. The van der Waals surface area contributed by atoms with Crippen LogP contribution in [-0.4, -0.2) is 40.4 Å². The van der Waals surface area contributed by atoms with Gasteiger partial charge in [-0.2, -0.15) is 8.78 Å². The van der Waals surface area contributed by atoms with Gasteiger partial charge < -0.3 is 29.6 Å². The van der Waals surface area contributed by atoms with E-state index in [1.165, 1.54) is 6.07 Å². The fourth-order valence-corrected chi connectivity index (χ4v) is 2.76. The molecule has 0 bridgehead atoms. The zero-order chi connectivity index (χ0) is 21.9. The lowest BCUT2D eigenvalue weighted by atomic mass is 10.1. The topological polar surface area (TPSA) is 73.3 Å². The number of hydrogen-bond acceptors (Lipinski definition) is 5. The van der Waals surface area contributed by atoms with E-state index in [2.05, 4.69) is 20.4 Å². The van der Waals surface area contributed by atoms with Crippen LogP contribution in [0.2, 0.25) is 0 Å². The van der Waals surface area contributed by atoms with Crippen LogP contribution < -0.4 is 29.6 Å². The molecule has 0 aliphatic carbocycles. The Kier molecular flexibility index (Phi) is 11.8. The highest BCUT2D eigenvalue weighted by atomic mass is 127. The highest BCUT2D eigenvalue weighted by Gasteiger charge is 2.13. The summed E-state index contributed by atoms with van der Waals surface area (Å²) in [5, 5.41) is 6.25. The van der Waals surface area contributed by atoms with Crippen molar-refractivity contribution < 1.29 is 27.7 Å². The number of methoxy groups -OCH3 is 3. The molecule has 0 heterocycles. The van der Waals surface area contributed by atoms with Gasteiger partial charge in [0.2, 0.25) is 0 Å². The van der Waals surface area contributed by atoms with Gasteiger partial charge in [0.25, 0.3) is 0 Å². The monoisotopic (exact) mass is 551 g/mol. The summed E-state index contributed by atoms with van der Waals surface area (Å²) in [6.07, 6.45) is 0. The average Bonchev–Trinajstić information content (AvgIpc) is 2.75. The van der Waals surface area contributed by atoms with Crippen molar-refractivity contribution in [2.24, 2.45) is 4.99 Å². The Morgan fingerprint density at radius 2 is 1.55 bits per heavy atom. The maximum Gasteiger partial charge on any atom is 0.387 e. The Labute approximate surface area is 198 Å². The largest absolute Gasteiger partial charge is 0.496 e. The maximum atomic E-state index is 12.6. The minimum Gasteiger partial charge on any atom is -0.496 e. The molecule has 31 heavy (non-hydrogen) atoms. The van der Waals surface area contributed by atoms with Gasteiger partial charge in [-0.15, -0.1) is 24.0 Å². The molecule has 0 fully saturated rings. The number of guanidine groups is 1. The summed E-state index contributed by atoms with van der Waals surface area (Å²) in [4.78, 5) is 4.56. The molecule has 0 unspecified atom stereocenters. The highest BCUT2D eigenvalue weighted by Crippen LogP contribution is 2.34. The molecule has 2 aromatic rings. The predicted octanol–water partition coefficient (Wildman–Crippen LogP) is 4.19. The Bertz CT molecular complexity index is 853. The number of ether oxygens (including phenoxy) is 4. The number of benzene rings is 2. The summed E-state index contributed by atoms with van der Waals surface area (Å²) in [6.45, 7) is 0.239. The van der Waals surface area contributed by atoms with Crippen molar-refractivity contribution in [3.05, 3.63) is 47.5 Å². The van der Waals surface area contributed by atoms with Crippen LogP contribution in [0.4, 0.5) is 8.78 Å². The quantitative estimate of drug-likeness (QED) is 0.262. The third kappa shape index (κ3) is 7.93. The summed E-state index contributed by atoms with van der Waals surface area (Å²) in [7, 11) is 4.68. The van der Waals surface area contributed by atoms with Crippen molar-refractivity contribution in [3.8, 4) is 23.0 Å². The van der Waals surface area contributed by atoms with E-state index in [1.807, 2.05) is 6.92 Å². The first-order valence-electron chi connectivity index (χ1n) is 9.36. The number of halogens is 3. The standard InChI is InChI=1S/C21H27F2N3O4.HI/c1-5-24-21(25-12-14-8-6-7-9-16(14)30-20(22)23)26-13-15-10-18(28-3)19(29-4)11-17(15)27-2;/h6-11,20H,5,12-13H2,1-4H3,(H2,24,25,26);1H. The zero-order valence-corrected chi connectivity index (χ0v) is 20.2. The molecule has 172 valence electrons. The van der Waals surface area contributed by atoms with Crippen molar-refractivity contribution in [2.45, 2.75) is 26.6 Å². The Morgan fingerprint density at radius 1 is 0.903 bits per heavy atom. The second-order valence-electron chi connectivity index (χ2n) is 6.05. The smallest absolute Gasteiger partial charge is 0.387 e. The Hall–Kier alpha value is -2.50. The molecular formula is C21H28F2IN3O4. The van der Waals surface area contributed by atoms with Crippen molar-refractivity contribution in [2.75, 3.05) is 27.9 Å². The minimum atomic E-state index is -2.88. The molecule has 0 aromatic heterocycles. The van der Waals surface area contributed by atoms with E-state index in [9.17, 15) is 8.78 Å². The van der Waals surface area contributed by atoms with E-state index < -0.39 is 6.61 Å². The Morgan fingerprint density at radius 3 is 2.16 bits per heavy atom. The maximum absolute atomic E-state index is 12.6. The van der Waals surface area contributed by atoms with E-state index in [-0.39, 0.29) is 36.3 Å². The molecule has 2 N–H and O–H groups in total. The van der Waals surface area contributed by atoms with Crippen molar-refractivity contribution in [1.29, 1.82) is 0 Å². The van der Waals surface area contributed by atoms with Gasteiger partial charge in [-0.25, -0.2) is 4.99 Å². The molecule has 0 spiro atoms. The predicted molar refractivity (Wildman–Crippen MR) is 126 cm³/mol. The van der Waals surface area contributed by atoms with Gasteiger partial charge in [-0.1, -0.05) is 18.2 Å². The number of aliphatic imine (C=N–C) groups is 1. The van der Waals surface area contributed by atoms with E-state index in [0.29, 0.717) is 41.9 Å². The first kappa shape index (κ1) is 26.5. The number of rotatable bonds is 10. The summed E-state index contributed by atoms with van der Waals surface area (Å²) >= 11 is 0. The van der Waals surface area contributed by atoms with Crippen molar-refractivity contribution >= 4 is 29.9 Å². The molecule has 0 aliphatic rings. The highest BCUT2D eigenvalue weighted by molar-refractivity contribution is 14.0. The van der Waals surface area contributed by atoms with Crippen molar-refractivity contribution in [3.63, 3.8) is 0 Å². The lowest BCUT2D eigenvalue weighted by molar-refractivity contribution is -0.0504. The van der Waals surface area contributed by atoms with Crippen LogP contribution in [0, 0.1) is 0 Å². The van der Waals surface area contributed by atoms with Crippen LogP contribution in [0.3, 0.4) is 0 Å². The third-order valence-corrected chi connectivity index (χ3v) is 4.17. The molecule has 0 saturated heterocycles. The molecular weight excluding hydrogens is 523 g/mol. The van der Waals surface area contributed by atoms with E-state index >= 15 is 0 Å². The number of nitrogens with one attached hydrogen (secondary N) is 2. The van der Waals surface area contributed by atoms with Crippen LogP contribution in [0.15, 0.2) is 41.4 Å². The first-order chi connectivity index (χ1) is 14.5. The minimum absolute atomic E-state index is 0. The van der Waals surface area contributed by atoms with E-state index in [0.717, 1.165) is 5.56 Å². The van der Waals surface area contributed by atoms with Crippen LogP contribution in [-0.2, 0) is 13.1 Å². The lowest BCUT2D eigenvalue weighted by Crippen LogP contribution is -2.36. The third-order valence-electron chi connectivity index (χ3n) is 4.17. The summed E-state index contributed by atoms with van der Waals surface area (Å²) in [6, 6.07) is 10.2. The van der Waals surface area contributed by atoms with E-state index in [1.54, 1.807) is 51.7 Å². The fourth-order valence-electron chi connectivity index (χ4n) is 2.76. The van der Waals surface area contributed by atoms with Crippen LogP contribution in [0.1, 0.15) is 18.1 Å². The van der Waals surface area contributed by atoms with Crippen molar-refractivity contribution in [1.82, 2.24) is 10.6 Å². The number of para-hydroxylation sites is 1. The SMILES string of the molecule is CCNC(=NCc1cc(OC)c(OC)cc1OC)NCc1ccccc1OC(F)F.I. The molecule has 10 heteroatoms. The van der Waals surface area contributed by atoms with Crippen LogP contribution in [0.25, 0.3) is 0 Å². The molecule has 0 saturated carbocycles. The van der Waals surface area contributed by atoms with E-state index in [4.69, 9.17) is 14.2 Å². The fraction of sp³-hybridized carbons (Fsp3) is 0.381. The molecule has 0 radical (unpaired) electrons. The first-order valence-corrected chi connectivity index (χ1v) is 9.36. The normalized spacial score (nSPS) is 10.9. The summed E-state index contributed by atoms with van der Waals surface area (Å²) < 4.78 is 45.8. The summed E-state index contributed by atoms with van der Waals surface area (Å²) in [5.41, 5.74) is 1.39. The number of hydrogen-bond donors (Lipinski definition) is 2. The molecule has 0 aliphatic heterocycles. The number of alkyl halides is 2. The molecule has 7 nitrogen and oxygen atoms in total. The Balaban J connectivity index is 0.00000480. The molecule has 0 amide bonds. The number of nitrogens with zero attached hydrogens (tertiary/aromatic N) is 1. The van der Waals surface area contributed by atoms with Gasteiger partial charge in [0.05, 0.1) is 27.9 Å². The molecule has 0 atom stereocenters. The molecule has 2 aromatic carbocycles. The second kappa shape index (κ2) is 13.7.